The second kappa shape index (κ2) is 9.11. The quantitative estimate of drug-likeness (QED) is 0.546. The number of aromatic nitrogens is 4. The molecule has 3 aromatic rings. The molecular weight excluding hydrogens is 392 g/mol. The lowest BCUT2D eigenvalue weighted by atomic mass is 10.2. The van der Waals surface area contributed by atoms with Crippen molar-refractivity contribution in [1.82, 2.24) is 25.1 Å². The average Bonchev–Trinajstić information content (AvgIpc) is 3.37. The predicted molar refractivity (Wildman–Crippen MR) is 115 cm³/mol. The minimum absolute atomic E-state index is 0.122. The molecule has 0 aromatic carbocycles. The molecule has 0 saturated carbocycles. The lowest BCUT2D eigenvalue weighted by Gasteiger charge is -2.20. The van der Waals surface area contributed by atoms with Gasteiger partial charge >= 0.3 is 0 Å². The van der Waals surface area contributed by atoms with Gasteiger partial charge in [-0.3, -0.25) is 14.5 Å². The lowest BCUT2D eigenvalue weighted by molar-refractivity contribution is -0.124. The number of amides is 1. The molecule has 3 rings (SSSR count). The number of hydrogen-bond donors (Lipinski definition) is 2. The standard InChI is InChI=1S/C19H24N6OS2/c1-4-24(5-2)16-9-8-14(11-20-16)12-21-18(26)13(3)25-17(22-23-19(25)27)15-7-6-10-28-15/h6-11,13H,4-5,12H2,1-3H3,(H,21,26)(H,23,27). The fourth-order valence-electron chi connectivity index (χ4n) is 2.95. The number of hydrogen-bond acceptors (Lipinski definition) is 6. The molecule has 0 aliphatic heterocycles. The van der Waals surface area contributed by atoms with Gasteiger partial charge in [0, 0.05) is 25.8 Å². The molecule has 2 N–H and O–H groups in total. The minimum Gasteiger partial charge on any atom is -0.357 e. The van der Waals surface area contributed by atoms with Crippen LogP contribution in [0, 0.1) is 4.77 Å². The van der Waals surface area contributed by atoms with Crippen molar-refractivity contribution in [2.45, 2.75) is 33.4 Å². The van der Waals surface area contributed by atoms with Crippen LogP contribution in [0.2, 0.25) is 0 Å². The number of thiophene rings is 1. The van der Waals surface area contributed by atoms with Crippen LogP contribution in [0.25, 0.3) is 10.7 Å². The first-order valence-corrected chi connectivity index (χ1v) is 10.5. The summed E-state index contributed by atoms with van der Waals surface area (Å²) < 4.78 is 2.18. The topological polar surface area (TPSA) is 78.8 Å². The zero-order valence-corrected chi connectivity index (χ0v) is 17.8. The highest BCUT2D eigenvalue weighted by atomic mass is 32.1. The average molecular weight is 417 g/mol. The van der Waals surface area contributed by atoms with Crippen LogP contribution in [0.1, 0.15) is 32.4 Å². The van der Waals surface area contributed by atoms with Gasteiger partial charge in [-0.25, -0.2) is 4.98 Å². The van der Waals surface area contributed by atoms with E-state index in [9.17, 15) is 4.79 Å². The second-order valence-corrected chi connectivity index (χ2v) is 7.62. The summed E-state index contributed by atoms with van der Waals surface area (Å²) in [6.45, 7) is 8.26. The Labute approximate surface area is 173 Å². The van der Waals surface area contributed by atoms with Gasteiger partial charge in [-0.05, 0) is 56.1 Å². The fraction of sp³-hybridized carbons (Fsp3) is 0.368. The van der Waals surface area contributed by atoms with Crippen molar-refractivity contribution in [1.29, 1.82) is 0 Å². The number of aromatic amines is 1. The van der Waals surface area contributed by atoms with E-state index in [2.05, 4.69) is 39.2 Å². The molecule has 0 spiro atoms. The number of nitrogens with zero attached hydrogens (tertiary/aromatic N) is 4. The van der Waals surface area contributed by atoms with Crippen molar-refractivity contribution in [2.75, 3.05) is 18.0 Å². The Bertz CT molecular complexity index is 957. The van der Waals surface area contributed by atoms with Gasteiger partial charge in [-0.2, -0.15) is 5.10 Å². The van der Waals surface area contributed by atoms with Crippen molar-refractivity contribution in [3.05, 3.63) is 46.2 Å². The Morgan fingerprint density at radius 1 is 1.36 bits per heavy atom. The Morgan fingerprint density at radius 3 is 2.75 bits per heavy atom. The normalized spacial score (nSPS) is 12.0. The van der Waals surface area contributed by atoms with Gasteiger partial charge in [0.15, 0.2) is 10.6 Å². The number of anilines is 1. The first-order chi connectivity index (χ1) is 13.5. The Kier molecular flexibility index (Phi) is 6.58. The summed E-state index contributed by atoms with van der Waals surface area (Å²) >= 11 is 6.89. The maximum absolute atomic E-state index is 12.7. The molecule has 148 valence electrons. The van der Waals surface area contributed by atoms with Crippen LogP contribution in [0.4, 0.5) is 5.82 Å². The molecule has 0 aliphatic rings. The molecule has 1 unspecified atom stereocenters. The zero-order chi connectivity index (χ0) is 20.1. The molecule has 9 heteroatoms. The summed E-state index contributed by atoms with van der Waals surface area (Å²) in [5.74, 6) is 1.50. The summed E-state index contributed by atoms with van der Waals surface area (Å²) in [6.07, 6.45) is 1.80. The van der Waals surface area contributed by atoms with E-state index in [1.165, 1.54) is 0 Å². The molecule has 0 saturated heterocycles. The van der Waals surface area contributed by atoms with E-state index in [-0.39, 0.29) is 5.91 Å². The molecule has 1 amide bonds. The fourth-order valence-corrected chi connectivity index (χ4v) is 3.95. The number of H-pyrrole nitrogens is 1. The van der Waals surface area contributed by atoms with Crippen LogP contribution < -0.4 is 10.2 Å². The lowest BCUT2D eigenvalue weighted by Crippen LogP contribution is -2.31. The second-order valence-electron chi connectivity index (χ2n) is 6.29. The number of pyridine rings is 1. The van der Waals surface area contributed by atoms with Crippen LogP contribution in [-0.2, 0) is 11.3 Å². The minimum atomic E-state index is -0.480. The third kappa shape index (κ3) is 4.31. The van der Waals surface area contributed by atoms with E-state index in [1.807, 2.05) is 36.6 Å². The maximum Gasteiger partial charge on any atom is 0.243 e. The van der Waals surface area contributed by atoms with E-state index in [1.54, 1.807) is 22.1 Å². The van der Waals surface area contributed by atoms with Crippen LogP contribution >= 0.6 is 23.6 Å². The largest absolute Gasteiger partial charge is 0.357 e. The molecule has 28 heavy (non-hydrogen) atoms. The summed E-state index contributed by atoms with van der Waals surface area (Å²) in [5.41, 5.74) is 0.950. The van der Waals surface area contributed by atoms with Crippen molar-refractivity contribution in [3.63, 3.8) is 0 Å². The van der Waals surface area contributed by atoms with Crippen LogP contribution in [0.15, 0.2) is 35.8 Å². The molecular formula is C19H24N6OS2. The van der Waals surface area contributed by atoms with Crippen LogP contribution in [0.3, 0.4) is 0 Å². The highest BCUT2D eigenvalue weighted by Crippen LogP contribution is 2.25. The van der Waals surface area contributed by atoms with E-state index in [4.69, 9.17) is 12.2 Å². The summed E-state index contributed by atoms with van der Waals surface area (Å²) in [5, 5.41) is 12.0. The molecule has 0 fully saturated rings. The molecule has 1 atom stereocenters. The third-order valence-corrected chi connectivity index (χ3v) is 5.73. The van der Waals surface area contributed by atoms with Gasteiger partial charge in [-0.1, -0.05) is 12.1 Å². The molecule has 3 heterocycles. The van der Waals surface area contributed by atoms with Gasteiger partial charge in [0.05, 0.1) is 4.88 Å². The first-order valence-electron chi connectivity index (χ1n) is 9.23. The smallest absolute Gasteiger partial charge is 0.243 e. The summed E-state index contributed by atoms with van der Waals surface area (Å²) in [7, 11) is 0. The van der Waals surface area contributed by atoms with Crippen molar-refractivity contribution >= 4 is 35.3 Å². The van der Waals surface area contributed by atoms with E-state index in [0.29, 0.717) is 17.1 Å². The van der Waals surface area contributed by atoms with Gasteiger partial charge in [0.25, 0.3) is 0 Å². The number of carbonyl (C=O) groups is 1. The van der Waals surface area contributed by atoms with E-state index >= 15 is 0 Å². The van der Waals surface area contributed by atoms with E-state index < -0.39 is 6.04 Å². The molecule has 0 bridgehead atoms. The van der Waals surface area contributed by atoms with E-state index in [0.717, 1.165) is 29.3 Å². The monoisotopic (exact) mass is 416 g/mol. The SMILES string of the molecule is CCN(CC)c1ccc(CNC(=O)C(C)n2c(-c3cccs3)n[nH]c2=S)cn1. The maximum atomic E-state index is 12.7. The van der Waals surface area contributed by atoms with Crippen molar-refractivity contribution in [3.8, 4) is 10.7 Å². The van der Waals surface area contributed by atoms with Crippen molar-refractivity contribution < 1.29 is 4.79 Å². The molecule has 3 aromatic heterocycles. The number of nitrogens with one attached hydrogen (secondary N) is 2. The summed E-state index contributed by atoms with van der Waals surface area (Å²) in [4.78, 5) is 20.3. The van der Waals surface area contributed by atoms with Gasteiger partial charge in [-0.15, -0.1) is 11.3 Å². The molecule has 0 aliphatic carbocycles. The Balaban J connectivity index is 1.67. The zero-order valence-electron chi connectivity index (χ0n) is 16.2. The molecule has 7 nitrogen and oxygen atoms in total. The third-order valence-electron chi connectivity index (χ3n) is 4.58. The summed E-state index contributed by atoms with van der Waals surface area (Å²) in [6, 6.07) is 7.40. The van der Waals surface area contributed by atoms with Crippen molar-refractivity contribution in [2.24, 2.45) is 0 Å². The van der Waals surface area contributed by atoms with Gasteiger partial charge < -0.3 is 10.2 Å². The van der Waals surface area contributed by atoms with Gasteiger partial charge in [0.2, 0.25) is 5.91 Å². The highest BCUT2D eigenvalue weighted by Gasteiger charge is 2.21. The van der Waals surface area contributed by atoms with Crippen LogP contribution in [-0.4, -0.2) is 38.7 Å². The number of carbonyl (C=O) groups excluding carboxylic acids is 1. The highest BCUT2D eigenvalue weighted by molar-refractivity contribution is 7.71. The van der Waals surface area contributed by atoms with Gasteiger partial charge in [0.1, 0.15) is 11.9 Å². The Morgan fingerprint density at radius 2 is 2.14 bits per heavy atom. The Hall–Kier alpha value is -2.52. The first kappa shape index (κ1) is 20.2. The molecule has 0 radical (unpaired) electrons. The number of rotatable bonds is 8. The predicted octanol–water partition coefficient (Wildman–Crippen LogP) is 3.79. The van der Waals surface area contributed by atoms with Crippen LogP contribution in [0.5, 0.6) is 0 Å².